The van der Waals surface area contributed by atoms with Crippen LogP contribution < -0.4 is 5.32 Å². The van der Waals surface area contributed by atoms with E-state index in [0.29, 0.717) is 12.3 Å². The third kappa shape index (κ3) is 4.68. The van der Waals surface area contributed by atoms with E-state index < -0.39 is 0 Å². The van der Waals surface area contributed by atoms with Crippen LogP contribution in [0.1, 0.15) is 45.0 Å². The molecule has 132 valence electrons. The lowest BCUT2D eigenvalue weighted by molar-refractivity contribution is -0.122. The van der Waals surface area contributed by atoms with Crippen LogP contribution in [0.5, 0.6) is 0 Å². The standard InChI is InChI=1S/C19H25N5O/c1-14(2)13-17(19-22-15-7-3-4-8-16(15)23-19)21-18(25)9-5-11-24-12-6-10-20-24/h3-4,6-8,10,12,14,17H,5,9,11,13H2,1-2H3,(H,21,25)(H,22,23). The van der Waals surface area contributed by atoms with Crippen LogP contribution in [0.4, 0.5) is 0 Å². The van der Waals surface area contributed by atoms with Crippen LogP contribution >= 0.6 is 0 Å². The van der Waals surface area contributed by atoms with Crippen LogP contribution in [-0.4, -0.2) is 25.7 Å². The molecular formula is C19H25N5O. The van der Waals surface area contributed by atoms with E-state index in [1.54, 1.807) is 6.20 Å². The minimum absolute atomic E-state index is 0.0539. The summed E-state index contributed by atoms with van der Waals surface area (Å²) in [6.07, 6.45) is 5.76. The number of aromatic amines is 1. The Kier molecular flexibility index (Phi) is 5.48. The molecule has 2 heterocycles. The first-order chi connectivity index (χ1) is 12.1. The van der Waals surface area contributed by atoms with Crippen molar-refractivity contribution in [3.8, 4) is 0 Å². The number of hydrogen-bond acceptors (Lipinski definition) is 3. The average molecular weight is 339 g/mol. The van der Waals surface area contributed by atoms with Crippen molar-refractivity contribution >= 4 is 16.9 Å². The lowest BCUT2D eigenvalue weighted by atomic mass is 10.0. The molecule has 3 aromatic rings. The fraction of sp³-hybridized carbons (Fsp3) is 0.421. The van der Waals surface area contributed by atoms with Crippen LogP contribution in [0.2, 0.25) is 0 Å². The Morgan fingerprint density at radius 1 is 1.28 bits per heavy atom. The van der Waals surface area contributed by atoms with E-state index in [0.717, 1.165) is 36.2 Å². The first kappa shape index (κ1) is 17.2. The Hall–Kier alpha value is -2.63. The summed E-state index contributed by atoms with van der Waals surface area (Å²) in [7, 11) is 0. The van der Waals surface area contributed by atoms with E-state index in [1.165, 1.54) is 0 Å². The summed E-state index contributed by atoms with van der Waals surface area (Å²) in [4.78, 5) is 20.4. The quantitative estimate of drug-likeness (QED) is 0.660. The van der Waals surface area contributed by atoms with Crippen molar-refractivity contribution < 1.29 is 4.79 Å². The van der Waals surface area contributed by atoms with Crippen molar-refractivity contribution in [3.63, 3.8) is 0 Å². The molecule has 2 N–H and O–H groups in total. The molecule has 6 heteroatoms. The van der Waals surface area contributed by atoms with Gasteiger partial charge in [0, 0.05) is 25.4 Å². The fourth-order valence-electron chi connectivity index (χ4n) is 2.95. The zero-order valence-corrected chi connectivity index (χ0v) is 14.8. The van der Waals surface area contributed by atoms with Gasteiger partial charge in [0.15, 0.2) is 0 Å². The Balaban J connectivity index is 1.62. The van der Waals surface area contributed by atoms with Crippen molar-refractivity contribution in [2.24, 2.45) is 5.92 Å². The number of aryl methyl sites for hydroxylation is 1. The number of nitrogens with one attached hydrogen (secondary N) is 2. The highest BCUT2D eigenvalue weighted by atomic mass is 16.1. The molecule has 3 rings (SSSR count). The SMILES string of the molecule is CC(C)CC(NC(=O)CCCn1cccn1)c1nc2ccccc2[nH]1. The number of benzene rings is 1. The lowest BCUT2D eigenvalue weighted by Gasteiger charge is -2.18. The van der Waals surface area contributed by atoms with Crippen LogP contribution in [0, 0.1) is 5.92 Å². The van der Waals surface area contributed by atoms with Crippen LogP contribution in [0.15, 0.2) is 42.7 Å². The maximum absolute atomic E-state index is 12.4. The van der Waals surface area contributed by atoms with Gasteiger partial charge in [-0.1, -0.05) is 26.0 Å². The number of carbonyl (C=O) groups excluding carboxylic acids is 1. The number of rotatable bonds is 8. The number of amides is 1. The van der Waals surface area contributed by atoms with E-state index in [9.17, 15) is 4.79 Å². The molecule has 0 aliphatic carbocycles. The van der Waals surface area contributed by atoms with E-state index in [4.69, 9.17) is 0 Å². The number of hydrogen-bond donors (Lipinski definition) is 2. The molecule has 2 aromatic heterocycles. The third-order valence-corrected chi connectivity index (χ3v) is 4.13. The number of carbonyl (C=O) groups is 1. The highest BCUT2D eigenvalue weighted by Crippen LogP contribution is 2.22. The van der Waals surface area contributed by atoms with Gasteiger partial charge in [-0.25, -0.2) is 4.98 Å². The second kappa shape index (κ2) is 7.96. The van der Waals surface area contributed by atoms with Crippen molar-refractivity contribution in [1.82, 2.24) is 25.1 Å². The summed E-state index contributed by atoms with van der Waals surface area (Å²) in [5.41, 5.74) is 1.93. The molecular weight excluding hydrogens is 314 g/mol. The third-order valence-electron chi connectivity index (χ3n) is 4.13. The van der Waals surface area contributed by atoms with Crippen LogP contribution in [-0.2, 0) is 11.3 Å². The maximum Gasteiger partial charge on any atom is 0.220 e. The van der Waals surface area contributed by atoms with Gasteiger partial charge in [-0.2, -0.15) is 5.10 Å². The van der Waals surface area contributed by atoms with Crippen molar-refractivity contribution in [2.45, 2.75) is 45.7 Å². The molecule has 0 aliphatic heterocycles. The van der Waals surface area contributed by atoms with Gasteiger partial charge in [0.25, 0.3) is 0 Å². The summed E-state index contributed by atoms with van der Waals surface area (Å²) in [5.74, 6) is 1.34. The largest absolute Gasteiger partial charge is 0.346 e. The molecule has 0 spiro atoms. The molecule has 1 amide bonds. The molecule has 0 radical (unpaired) electrons. The molecule has 1 atom stereocenters. The van der Waals surface area contributed by atoms with Crippen LogP contribution in [0.25, 0.3) is 11.0 Å². The van der Waals surface area contributed by atoms with Gasteiger partial charge in [-0.15, -0.1) is 0 Å². The van der Waals surface area contributed by atoms with Gasteiger partial charge >= 0.3 is 0 Å². The molecule has 25 heavy (non-hydrogen) atoms. The summed E-state index contributed by atoms with van der Waals surface area (Å²) in [6.45, 7) is 5.05. The summed E-state index contributed by atoms with van der Waals surface area (Å²) in [6, 6.07) is 9.73. The zero-order valence-electron chi connectivity index (χ0n) is 14.8. The molecule has 1 unspecified atom stereocenters. The highest BCUT2D eigenvalue weighted by molar-refractivity contribution is 5.77. The average Bonchev–Trinajstić information content (AvgIpc) is 3.23. The first-order valence-electron chi connectivity index (χ1n) is 8.83. The van der Waals surface area contributed by atoms with Gasteiger partial charge in [-0.05, 0) is 37.0 Å². The van der Waals surface area contributed by atoms with Gasteiger partial charge in [-0.3, -0.25) is 9.48 Å². The summed E-state index contributed by atoms with van der Waals surface area (Å²) >= 11 is 0. The van der Waals surface area contributed by atoms with Gasteiger partial charge in [0.2, 0.25) is 5.91 Å². The first-order valence-corrected chi connectivity index (χ1v) is 8.83. The summed E-state index contributed by atoms with van der Waals surface area (Å²) in [5, 5.41) is 7.30. The molecule has 0 aliphatic rings. The van der Waals surface area contributed by atoms with E-state index in [2.05, 4.69) is 34.2 Å². The van der Waals surface area contributed by atoms with Gasteiger partial charge in [0.1, 0.15) is 5.82 Å². The van der Waals surface area contributed by atoms with E-state index >= 15 is 0 Å². The normalized spacial score (nSPS) is 12.6. The fourth-order valence-corrected chi connectivity index (χ4v) is 2.95. The number of para-hydroxylation sites is 2. The number of aromatic nitrogens is 4. The van der Waals surface area contributed by atoms with Gasteiger partial charge < -0.3 is 10.3 Å². The smallest absolute Gasteiger partial charge is 0.220 e. The topological polar surface area (TPSA) is 75.6 Å². The van der Waals surface area contributed by atoms with Crippen molar-refractivity contribution in [3.05, 3.63) is 48.5 Å². The molecule has 0 saturated heterocycles. The van der Waals surface area contributed by atoms with Gasteiger partial charge in [0.05, 0.1) is 17.1 Å². The van der Waals surface area contributed by atoms with E-state index in [-0.39, 0.29) is 11.9 Å². The zero-order chi connectivity index (χ0) is 17.6. The minimum Gasteiger partial charge on any atom is -0.346 e. The maximum atomic E-state index is 12.4. The number of fused-ring (bicyclic) bond motifs is 1. The Labute approximate surface area is 147 Å². The molecule has 0 saturated carbocycles. The van der Waals surface area contributed by atoms with Crippen molar-refractivity contribution in [2.75, 3.05) is 0 Å². The Morgan fingerprint density at radius 2 is 2.12 bits per heavy atom. The Bertz CT molecular complexity index is 773. The number of nitrogens with zero attached hydrogens (tertiary/aromatic N) is 3. The van der Waals surface area contributed by atoms with Crippen LogP contribution in [0.3, 0.4) is 0 Å². The number of imidazole rings is 1. The lowest BCUT2D eigenvalue weighted by Crippen LogP contribution is -2.30. The second-order valence-electron chi connectivity index (χ2n) is 6.76. The molecule has 6 nitrogen and oxygen atoms in total. The summed E-state index contributed by atoms with van der Waals surface area (Å²) < 4.78 is 1.85. The minimum atomic E-state index is -0.0930. The number of H-pyrrole nitrogens is 1. The Morgan fingerprint density at radius 3 is 2.84 bits per heavy atom. The predicted octanol–water partition coefficient (Wildman–Crippen LogP) is 3.44. The monoisotopic (exact) mass is 339 g/mol. The molecule has 0 bridgehead atoms. The predicted molar refractivity (Wildman–Crippen MR) is 97.9 cm³/mol. The van der Waals surface area contributed by atoms with E-state index in [1.807, 2.05) is 41.2 Å². The highest BCUT2D eigenvalue weighted by Gasteiger charge is 2.19. The second-order valence-corrected chi connectivity index (χ2v) is 6.76. The molecule has 0 fully saturated rings. The van der Waals surface area contributed by atoms with Crippen molar-refractivity contribution in [1.29, 1.82) is 0 Å². The molecule has 1 aromatic carbocycles.